The number of allylic oxidation sites excluding steroid dienone is 2. The zero-order chi connectivity index (χ0) is 4.28. The summed E-state index contributed by atoms with van der Waals surface area (Å²) in [6, 6.07) is 0. The maximum atomic E-state index is 3.85. The van der Waals surface area contributed by atoms with E-state index >= 15 is 0 Å². The van der Waals surface area contributed by atoms with E-state index in [4.69, 9.17) is 0 Å². The van der Waals surface area contributed by atoms with E-state index in [-0.39, 0.29) is 0 Å². The van der Waals surface area contributed by atoms with E-state index < -0.39 is 0 Å². The van der Waals surface area contributed by atoms with Gasteiger partial charge in [-0.05, 0) is 18.8 Å². The van der Waals surface area contributed by atoms with Crippen molar-refractivity contribution in [3.63, 3.8) is 0 Å². The Kier molecular flexibility index (Phi) is 2.38. The predicted molar refractivity (Wildman–Crippen MR) is 28.1 cm³/mol. The van der Waals surface area contributed by atoms with Gasteiger partial charge < -0.3 is 0 Å². The van der Waals surface area contributed by atoms with E-state index in [1.54, 1.807) is 0 Å². The van der Waals surface area contributed by atoms with Crippen LogP contribution in [0.25, 0.3) is 0 Å². The molecule has 0 saturated carbocycles. The fraction of sp³-hybridized carbons (Fsp3) is 0.250. The molecule has 0 aromatic heterocycles. The standard InChI is InChI=1S/C4H7S/c1-3-4(2)5/h3,5H,2H2,1H3. The number of rotatable bonds is 0. The first-order chi connectivity index (χ1) is 2.27. The van der Waals surface area contributed by atoms with Crippen LogP contribution in [0.4, 0.5) is 0 Å². The minimum atomic E-state index is 0.824. The first-order valence-electron chi connectivity index (χ1n) is 1.44. The summed E-state index contributed by atoms with van der Waals surface area (Å²) in [5.74, 6) is 0. The Balaban J connectivity index is 3.14. The summed E-state index contributed by atoms with van der Waals surface area (Å²) in [7, 11) is 0. The molecule has 0 saturated heterocycles. The van der Waals surface area contributed by atoms with Crippen molar-refractivity contribution in [2.45, 2.75) is 6.92 Å². The van der Waals surface area contributed by atoms with Crippen LogP contribution in [0.2, 0.25) is 0 Å². The van der Waals surface area contributed by atoms with E-state index in [2.05, 4.69) is 19.6 Å². The Morgan fingerprint density at radius 2 is 2.20 bits per heavy atom. The van der Waals surface area contributed by atoms with Crippen molar-refractivity contribution >= 4 is 12.6 Å². The summed E-state index contributed by atoms with van der Waals surface area (Å²) in [6.45, 7) is 5.38. The van der Waals surface area contributed by atoms with E-state index in [0.717, 1.165) is 4.91 Å². The molecule has 0 fully saturated rings. The van der Waals surface area contributed by atoms with E-state index in [1.807, 2.05) is 13.0 Å². The highest BCUT2D eigenvalue weighted by Crippen LogP contribution is 1.91. The molecular formula is C4H7S. The molecule has 0 aromatic rings. The van der Waals surface area contributed by atoms with Crippen LogP contribution < -0.4 is 0 Å². The van der Waals surface area contributed by atoms with Gasteiger partial charge in [-0.1, -0.05) is 6.08 Å². The fourth-order valence-electron chi connectivity index (χ4n) is 0. The van der Waals surface area contributed by atoms with Gasteiger partial charge >= 0.3 is 0 Å². The van der Waals surface area contributed by atoms with Gasteiger partial charge in [-0.25, -0.2) is 0 Å². The van der Waals surface area contributed by atoms with Crippen LogP contribution in [0.5, 0.6) is 0 Å². The van der Waals surface area contributed by atoms with Crippen molar-refractivity contribution in [3.8, 4) is 0 Å². The second kappa shape index (κ2) is 2.33. The molecule has 0 heterocycles. The third-order valence-corrected chi connectivity index (χ3v) is 0.591. The molecule has 5 heavy (non-hydrogen) atoms. The maximum Gasteiger partial charge on any atom is -0.0179 e. The van der Waals surface area contributed by atoms with E-state index in [1.165, 1.54) is 0 Å². The fourth-order valence-corrected chi connectivity index (χ4v) is 0. The molecule has 1 heteroatoms. The molecule has 0 aliphatic carbocycles. The van der Waals surface area contributed by atoms with Crippen molar-refractivity contribution in [2.24, 2.45) is 0 Å². The van der Waals surface area contributed by atoms with Gasteiger partial charge in [0, 0.05) is 0 Å². The average Bonchev–Trinajstić information content (AvgIpc) is 1.38. The smallest absolute Gasteiger partial charge is 0.0179 e. The minimum absolute atomic E-state index is 0.824. The minimum Gasteiger partial charge on any atom is -0.148 e. The molecule has 0 aromatic carbocycles. The third kappa shape index (κ3) is 4.09. The average molecular weight is 87.2 g/mol. The van der Waals surface area contributed by atoms with E-state index in [0.29, 0.717) is 0 Å². The van der Waals surface area contributed by atoms with Crippen molar-refractivity contribution < 1.29 is 0 Å². The van der Waals surface area contributed by atoms with Gasteiger partial charge in [-0.2, -0.15) is 0 Å². The van der Waals surface area contributed by atoms with Crippen molar-refractivity contribution in [1.29, 1.82) is 0 Å². The number of hydrogen-bond acceptors (Lipinski definition) is 1. The first-order valence-corrected chi connectivity index (χ1v) is 1.89. The molecule has 0 amide bonds. The molecule has 0 aliphatic rings. The molecule has 0 unspecified atom stereocenters. The van der Waals surface area contributed by atoms with Crippen molar-refractivity contribution in [2.75, 3.05) is 0 Å². The van der Waals surface area contributed by atoms with Gasteiger partial charge in [0.25, 0.3) is 0 Å². The quantitative estimate of drug-likeness (QED) is 0.427. The molecule has 0 nitrogen and oxygen atoms in total. The van der Waals surface area contributed by atoms with Crippen LogP contribution in [-0.4, -0.2) is 0 Å². The summed E-state index contributed by atoms with van der Waals surface area (Å²) in [5.41, 5.74) is 0. The SMILES string of the molecule is [CH2]C(S)=CC. The largest absolute Gasteiger partial charge is 0.148 e. The van der Waals surface area contributed by atoms with Gasteiger partial charge in [0.2, 0.25) is 0 Å². The zero-order valence-corrected chi connectivity index (χ0v) is 4.13. The molecule has 0 bridgehead atoms. The number of hydrogen-bond donors (Lipinski definition) is 1. The summed E-state index contributed by atoms with van der Waals surface area (Å²) >= 11 is 3.85. The lowest BCUT2D eigenvalue weighted by atomic mass is 10.6. The summed E-state index contributed by atoms with van der Waals surface area (Å²) in [4.78, 5) is 0.824. The van der Waals surface area contributed by atoms with E-state index in [9.17, 15) is 0 Å². The van der Waals surface area contributed by atoms with Crippen LogP contribution in [0.1, 0.15) is 6.92 Å². The predicted octanol–water partition coefficient (Wildman–Crippen LogP) is 1.65. The summed E-state index contributed by atoms with van der Waals surface area (Å²) < 4.78 is 0. The maximum absolute atomic E-state index is 3.85. The van der Waals surface area contributed by atoms with Crippen LogP contribution >= 0.6 is 12.6 Å². The van der Waals surface area contributed by atoms with Gasteiger partial charge in [0.1, 0.15) is 0 Å². The molecule has 0 atom stereocenters. The Hall–Kier alpha value is 0.0900. The second-order valence-electron chi connectivity index (χ2n) is 0.780. The van der Waals surface area contributed by atoms with Crippen molar-refractivity contribution in [1.82, 2.24) is 0 Å². The normalized spacial score (nSPS) is 12.2. The molecular weight excluding hydrogens is 80.1 g/mol. The Labute approximate surface area is 38.3 Å². The molecule has 29 valence electrons. The highest BCUT2D eigenvalue weighted by atomic mass is 32.1. The molecule has 0 rings (SSSR count). The zero-order valence-electron chi connectivity index (χ0n) is 3.23. The Morgan fingerprint density at radius 3 is 2.20 bits per heavy atom. The van der Waals surface area contributed by atoms with Crippen LogP contribution in [0.3, 0.4) is 0 Å². The molecule has 0 N–H and O–H groups in total. The molecule has 1 radical (unpaired) electrons. The second-order valence-corrected chi connectivity index (χ2v) is 1.35. The topological polar surface area (TPSA) is 0 Å². The van der Waals surface area contributed by atoms with Gasteiger partial charge in [-0.3, -0.25) is 0 Å². The van der Waals surface area contributed by atoms with Crippen LogP contribution in [-0.2, 0) is 0 Å². The van der Waals surface area contributed by atoms with Crippen LogP contribution in [0, 0.1) is 6.92 Å². The summed E-state index contributed by atoms with van der Waals surface area (Å²) in [6.07, 6.45) is 1.84. The third-order valence-electron chi connectivity index (χ3n) is 0.333. The lowest BCUT2D eigenvalue weighted by molar-refractivity contribution is 1.72. The lowest BCUT2D eigenvalue weighted by Crippen LogP contribution is -1.46. The highest BCUT2D eigenvalue weighted by Gasteiger charge is 1.62. The molecule has 0 spiro atoms. The Bertz CT molecular complexity index is 41.6. The van der Waals surface area contributed by atoms with Gasteiger partial charge in [0.05, 0.1) is 0 Å². The van der Waals surface area contributed by atoms with Gasteiger partial charge in [0.15, 0.2) is 0 Å². The number of thiol groups is 1. The monoisotopic (exact) mass is 87.0 g/mol. The van der Waals surface area contributed by atoms with Gasteiger partial charge in [-0.15, -0.1) is 12.6 Å². The molecule has 0 aliphatic heterocycles. The summed E-state index contributed by atoms with van der Waals surface area (Å²) in [5, 5.41) is 0. The highest BCUT2D eigenvalue weighted by molar-refractivity contribution is 7.84. The van der Waals surface area contributed by atoms with Crippen molar-refractivity contribution in [3.05, 3.63) is 17.9 Å². The first kappa shape index (κ1) is 5.09. The Morgan fingerprint density at radius 1 is 2.00 bits per heavy atom. The lowest BCUT2D eigenvalue weighted by Gasteiger charge is -1.72. The van der Waals surface area contributed by atoms with Crippen LogP contribution in [0.15, 0.2) is 11.0 Å².